The summed E-state index contributed by atoms with van der Waals surface area (Å²) in [5.74, 6) is 2.22. The molecule has 8 nitrogen and oxygen atoms in total. The summed E-state index contributed by atoms with van der Waals surface area (Å²) in [5.41, 5.74) is 4.69. The molecule has 0 N–H and O–H groups in total. The summed E-state index contributed by atoms with van der Waals surface area (Å²) in [7, 11) is 0. The van der Waals surface area contributed by atoms with E-state index in [2.05, 4.69) is 37.1 Å². The standard InChI is InChI=1S/C27H23Cl2N7O/c28-21-8-6-18(14-32-21)16-35-12-10-30-26(35)24-23(20-4-2-1-3-5-20)25(37-34-24)27-31-11-13-36(27)17-19-7-9-22(29)33-15-19/h1-9,14-15H,10-13,16-17H2. The molecule has 0 saturated carbocycles. The Morgan fingerprint density at radius 3 is 1.92 bits per heavy atom. The van der Waals surface area contributed by atoms with Crippen molar-refractivity contribution in [3.05, 3.63) is 99.9 Å². The normalized spacial score (nSPS) is 15.3. The number of nitrogens with zero attached hydrogens (tertiary/aromatic N) is 7. The molecule has 5 heterocycles. The van der Waals surface area contributed by atoms with Crippen molar-refractivity contribution in [1.82, 2.24) is 24.9 Å². The predicted molar refractivity (Wildman–Crippen MR) is 144 cm³/mol. The second-order valence-electron chi connectivity index (χ2n) is 8.83. The third kappa shape index (κ3) is 4.95. The molecule has 186 valence electrons. The van der Waals surface area contributed by atoms with Gasteiger partial charge in [-0.3, -0.25) is 9.98 Å². The zero-order valence-electron chi connectivity index (χ0n) is 19.9. The quantitative estimate of drug-likeness (QED) is 0.313. The highest BCUT2D eigenvalue weighted by Gasteiger charge is 2.32. The number of aliphatic imine (C=N–C) groups is 2. The van der Waals surface area contributed by atoms with Gasteiger partial charge in [-0.05, 0) is 28.8 Å². The molecule has 1 aromatic carbocycles. The molecule has 0 fully saturated rings. The lowest BCUT2D eigenvalue weighted by molar-refractivity contribution is 0.387. The van der Waals surface area contributed by atoms with Crippen LogP contribution in [0.4, 0.5) is 0 Å². The monoisotopic (exact) mass is 531 g/mol. The molecule has 6 rings (SSSR count). The highest BCUT2D eigenvalue weighted by molar-refractivity contribution is 6.29. The van der Waals surface area contributed by atoms with E-state index in [1.807, 2.05) is 30.3 Å². The van der Waals surface area contributed by atoms with Crippen molar-refractivity contribution in [2.24, 2.45) is 9.98 Å². The molecule has 0 radical (unpaired) electrons. The van der Waals surface area contributed by atoms with Crippen LogP contribution in [0, 0.1) is 0 Å². The maximum Gasteiger partial charge on any atom is 0.210 e. The SMILES string of the molecule is Clc1ccc(CN2CCN=C2c2noc(C3=NCCN3Cc3ccc(Cl)nc3)c2-c2ccccc2)cn1. The van der Waals surface area contributed by atoms with Gasteiger partial charge in [-0.1, -0.05) is 70.8 Å². The predicted octanol–water partition coefficient (Wildman–Crippen LogP) is 4.96. The molecule has 3 aromatic heterocycles. The molecule has 0 atom stereocenters. The Labute approximate surface area is 224 Å². The maximum absolute atomic E-state index is 6.05. The van der Waals surface area contributed by atoms with Crippen LogP contribution in [0.25, 0.3) is 11.1 Å². The topological polar surface area (TPSA) is 83.0 Å². The summed E-state index contributed by atoms with van der Waals surface area (Å²) in [6.07, 6.45) is 3.58. The number of hydrogen-bond acceptors (Lipinski definition) is 8. The number of aromatic nitrogens is 3. The van der Waals surface area contributed by atoms with E-state index in [4.69, 9.17) is 37.7 Å². The number of hydrogen-bond donors (Lipinski definition) is 0. The van der Waals surface area contributed by atoms with Crippen molar-refractivity contribution in [3.8, 4) is 11.1 Å². The minimum absolute atomic E-state index is 0.474. The first kappa shape index (κ1) is 23.6. The molecular formula is C27H23Cl2N7O. The highest BCUT2D eigenvalue weighted by atomic mass is 35.5. The van der Waals surface area contributed by atoms with Crippen LogP contribution in [0.1, 0.15) is 22.6 Å². The minimum Gasteiger partial charge on any atom is -0.352 e. The van der Waals surface area contributed by atoms with E-state index in [1.165, 1.54) is 0 Å². The highest BCUT2D eigenvalue weighted by Crippen LogP contribution is 2.32. The van der Waals surface area contributed by atoms with Crippen molar-refractivity contribution >= 4 is 34.9 Å². The molecule has 0 bridgehead atoms. The number of rotatable bonds is 7. The molecule has 0 amide bonds. The number of halogens is 2. The van der Waals surface area contributed by atoms with E-state index in [9.17, 15) is 0 Å². The summed E-state index contributed by atoms with van der Waals surface area (Å²) in [6, 6.07) is 17.7. The summed E-state index contributed by atoms with van der Waals surface area (Å²) in [4.78, 5) is 22.5. The van der Waals surface area contributed by atoms with Gasteiger partial charge in [-0.15, -0.1) is 0 Å². The largest absolute Gasteiger partial charge is 0.352 e. The molecule has 2 aliphatic heterocycles. The Morgan fingerprint density at radius 2 is 1.32 bits per heavy atom. The van der Waals surface area contributed by atoms with Crippen molar-refractivity contribution in [1.29, 1.82) is 0 Å². The van der Waals surface area contributed by atoms with E-state index >= 15 is 0 Å². The number of benzene rings is 1. The van der Waals surface area contributed by atoms with Gasteiger partial charge >= 0.3 is 0 Å². The molecule has 10 heteroatoms. The van der Waals surface area contributed by atoms with Gasteiger partial charge in [0, 0.05) is 38.6 Å². The van der Waals surface area contributed by atoms with Gasteiger partial charge in [0.25, 0.3) is 0 Å². The summed E-state index contributed by atoms with van der Waals surface area (Å²) >= 11 is 12.0. The fourth-order valence-electron chi connectivity index (χ4n) is 4.62. The fourth-order valence-corrected chi connectivity index (χ4v) is 4.85. The maximum atomic E-state index is 6.05. The van der Waals surface area contributed by atoms with Crippen molar-refractivity contribution < 1.29 is 4.52 Å². The minimum atomic E-state index is 0.474. The van der Waals surface area contributed by atoms with E-state index in [-0.39, 0.29) is 0 Å². The van der Waals surface area contributed by atoms with Gasteiger partial charge in [0.1, 0.15) is 10.3 Å². The molecular weight excluding hydrogens is 509 g/mol. The second-order valence-corrected chi connectivity index (χ2v) is 9.61. The molecule has 0 saturated heterocycles. The first-order valence-electron chi connectivity index (χ1n) is 12.0. The van der Waals surface area contributed by atoms with Crippen LogP contribution >= 0.6 is 23.2 Å². The first-order valence-corrected chi connectivity index (χ1v) is 12.8. The zero-order valence-corrected chi connectivity index (χ0v) is 21.4. The lowest BCUT2D eigenvalue weighted by Crippen LogP contribution is -2.29. The second kappa shape index (κ2) is 10.3. The third-order valence-electron chi connectivity index (χ3n) is 6.36. The van der Waals surface area contributed by atoms with Gasteiger partial charge in [-0.25, -0.2) is 9.97 Å². The summed E-state index contributed by atoms with van der Waals surface area (Å²) in [6.45, 7) is 4.21. The molecule has 4 aromatic rings. The summed E-state index contributed by atoms with van der Waals surface area (Å²) < 4.78 is 6.05. The van der Waals surface area contributed by atoms with Crippen LogP contribution in [0.5, 0.6) is 0 Å². The smallest absolute Gasteiger partial charge is 0.210 e. The van der Waals surface area contributed by atoms with Crippen molar-refractivity contribution in [2.75, 3.05) is 26.2 Å². The number of pyridine rings is 2. The zero-order chi connectivity index (χ0) is 25.2. The van der Waals surface area contributed by atoms with Gasteiger partial charge in [0.15, 0.2) is 17.4 Å². The van der Waals surface area contributed by atoms with Crippen LogP contribution in [0.2, 0.25) is 10.3 Å². The molecule has 37 heavy (non-hydrogen) atoms. The lowest BCUT2D eigenvalue weighted by Gasteiger charge is -2.21. The molecule has 0 aliphatic carbocycles. The van der Waals surface area contributed by atoms with Gasteiger partial charge in [-0.2, -0.15) is 0 Å². The average molecular weight is 532 g/mol. The fraction of sp³-hybridized carbons (Fsp3) is 0.222. The lowest BCUT2D eigenvalue weighted by atomic mass is 10.0. The Morgan fingerprint density at radius 1 is 0.730 bits per heavy atom. The van der Waals surface area contributed by atoms with Crippen LogP contribution < -0.4 is 0 Å². The van der Waals surface area contributed by atoms with Gasteiger partial charge in [0.05, 0.1) is 18.7 Å². The summed E-state index contributed by atoms with van der Waals surface area (Å²) in [5, 5.41) is 5.51. The van der Waals surface area contributed by atoms with Crippen LogP contribution in [-0.2, 0) is 13.1 Å². The third-order valence-corrected chi connectivity index (χ3v) is 6.80. The Hall–Kier alpha value is -3.75. The van der Waals surface area contributed by atoms with E-state index in [0.717, 1.165) is 47.0 Å². The van der Waals surface area contributed by atoms with Crippen LogP contribution in [-0.4, -0.2) is 62.8 Å². The van der Waals surface area contributed by atoms with Crippen molar-refractivity contribution in [2.45, 2.75) is 13.1 Å². The first-order chi connectivity index (χ1) is 18.2. The Kier molecular flexibility index (Phi) is 6.59. The Bertz CT molecular complexity index is 1360. The molecule has 0 unspecified atom stereocenters. The Balaban J connectivity index is 1.35. The number of amidine groups is 2. The van der Waals surface area contributed by atoms with Gasteiger partial charge < -0.3 is 14.3 Å². The molecule has 2 aliphatic rings. The van der Waals surface area contributed by atoms with Crippen LogP contribution in [0.15, 0.2) is 81.5 Å². The van der Waals surface area contributed by atoms with E-state index < -0.39 is 0 Å². The molecule has 0 spiro atoms. The van der Waals surface area contributed by atoms with E-state index in [1.54, 1.807) is 24.5 Å². The van der Waals surface area contributed by atoms with E-state index in [0.29, 0.717) is 47.9 Å². The van der Waals surface area contributed by atoms with Crippen molar-refractivity contribution in [3.63, 3.8) is 0 Å². The van der Waals surface area contributed by atoms with Gasteiger partial charge in [0.2, 0.25) is 5.76 Å². The average Bonchev–Trinajstić information content (AvgIpc) is 3.67. The van der Waals surface area contributed by atoms with Crippen LogP contribution in [0.3, 0.4) is 0 Å².